The molecular formula is C10H17N3O2. The predicted molar refractivity (Wildman–Crippen MR) is 56.7 cm³/mol. The Morgan fingerprint density at radius 2 is 2.40 bits per heavy atom. The summed E-state index contributed by atoms with van der Waals surface area (Å²) in [4.78, 5) is 11.7. The molecule has 1 heterocycles. The normalized spacial score (nSPS) is 12.5. The van der Waals surface area contributed by atoms with E-state index >= 15 is 0 Å². The number of rotatable bonds is 4. The lowest BCUT2D eigenvalue weighted by Gasteiger charge is -2.12. The molecule has 0 aliphatic carbocycles. The Kier molecular flexibility index (Phi) is 3.85. The molecule has 0 unspecified atom stereocenters. The molecule has 1 aromatic rings. The van der Waals surface area contributed by atoms with Crippen molar-refractivity contribution in [2.45, 2.75) is 19.9 Å². The summed E-state index contributed by atoms with van der Waals surface area (Å²) in [6, 6.07) is 0.00195. The van der Waals surface area contributed by atoms with Gasteiger partial charge in [0.1, 0.15) is 0 Å². The maximum Gasteiger partial charge on any atom is 0.255 e. The second kappa shape index (κ2) is 4.93. The largest absolute Gasteiger partial charge is 0.383 e. The number of carbonyl (C=O) groups excluding carboxylic acids is 1. The third-order valence-electron chi connectivity index (χ3n) is 2.27. The predicted octanol–water partition coefficient (Wildman–Crippen LogP) is 0.493. The lowest BCUT2D eigenvalue weighted by atomic mass is 10.2. The van der Waals surface area contributed by atoms with Crippen LogP contribution in [0.15, 0.2) is 6.20 Å². The molecule has 0 radical (unpaired) electrons. The van der Waals surface area contributed by atoms with Gasteiger partial charge in [0, 0.05) is 25.9 Å². The number of amides is 1. The zero-order valence-corrected chi connectivity index (χ0v) is 9.57. The first-order valence-electron chi connectivity index (χ1n) is 4.84. The van der Waals surface area contributed by atoms with E-state index in [1.165, 1.54) is 0 Å². The van der Waals surface area contributed by atoms with Crippen LogP contribution >= 0.6 is 0 Å². The summed E-state index contributed by atoms with van der Waals surface area (Å²) in [5.41, 5.74) is 1.47. The topological polar surface area (TPSA) is 56.1 Å². The number of carbonyl (C=O) groups is 1. The SMILES string of the molecule is COC[C@@H](C)NC(=O)c1cnn(C)c1C. The molecule has 0 spiro atoms. The van der Waals surface area contributed by atoms with Gasteiger partial charge < -0.3 is 10.1 Å². The van der Waals surface area contributed by atoms with Gasteiger partial charge in [0.25, 0.3) is 5.91 Å². The first-order chi connectivity index (χ1) is 7.06. The van der Waals surface area contributed by atoms with Gasteiger partial charge in [-0.1, -0.05) is 0 Å². The summed E-state index contributed by atoms with van der Waals surface area (Å²) in [5, 5.41) is 6.85. The third-order valence-corrected chi connectivity index (χ3v) is 2.27. The highest BCUT2D eigenvalue weighted by Gasteiger charge is 2.14. The summed E-state index contributed by atoms with van der Waals surface area (Å²) in [6.45, 7) is 4.26. The molecule has 0 aliphatic heterocycles. The molecule has 0 saturated carbocycles. The molecule has 0 aromatic carbocycles. The molecule has 0 saturated heterocycles. The van der Waals surface area contributed by atoms with Crippen LogP contribution in [0.2, 0.25) is 0 Å². The van der Waals surface area contributed by atoms with Gasteiger partial charge in [0.2, 0.25) is 0 Å². The van der Waals surface area contributed by atoms with Crippen molar-refractivity contribution in [3.63, 3.8) is 0 Å². The van der Waals surface area contributed by atoms with E-state index in [4.69, 9.17) is 4.74 Å². The van der Waals surface area contributed by atoms with Crippen molar-refractivity contribution < 1.29 is 9.53 Å². The van der Waals surface area contributed by atoms with Crippen LogP contribution in [0.4, 0.5) is 0 Å². The number of hydrogen-bond donors (Lipinski definition) is 1. The summed E-state index contributed by atoms with van der Waals surface area (Å²) in [5.74, 6) is -0.106. The fraction of sp³-hybridized carbons (Fsp3) is 0.600. The van der Waals surface area contributed by atoms with Crippen LogP contribution < -0.4 is 5.32 Å². The molecule has 1 N–H and O–H groups in total. The molecule has 15 heavy (non-hydrogen) atoms. The maximum atomic E-state index is 11.7. The Morgan fingerprint density at radius 1 is 1.73 bits per heavy atom. The highest BCUT2D eigenvalue weighted by atomic mass is 16.5. The number of hydrogen-bond acceptors (Lipinski definition) is 3. The van der Waals surface area contributed by atoms with Gasteiger partial charge in [-0.25, -0.2) is 0 Å². The first-order valence-corrected chi connectivity index (χ1v) is 4.84. The van der Waals surface area contributed by atoms with E-state index in [-0.39, 0.29) is 11.9 Å². The third kappa shape index (κ3) is 2.79. The maximum absolute atomic E-state index is 11.7. The zero-order valence-electron chi connectivity index (χ0n) is 9.57. The van der Waals surface area contributed by atoms with Crippen LogP contribution in [-0.2, 0) is 11.8 Å². The van der Waals surface area contributed by atoms with Crippen molar-refractivity contribution in [2.24, 2.45) is 7.05 Å². The first kappa shape index (κ1) is 11.7. The molecule has 84 valence electrons. The van der Waals surface area contributed by atoms with E-state index < -0.39 is 0 Å². The van der Waals surface area contributed by atoms with E-state index in [0.717, 1.165) is 5.69 Å². The minimum atomic E-state index is -0.106. The molecule has 0 fully saturated rings. The zero-order chi connectivity index (χ0) is 11.4. The highest BCUT2D eigenvalue weighted by molar-refractivity contribution is 5.95. The summed E-state index contributed by atoms with van der Waals surface area (Å²) >= 11 is 0. The van der Waals surface area contributed by atoms with Crippen LogP contribution in [0.3, 0.4) is 0 Å². The van der Waals surface area contributed by atoms with E-state index in [9.17, 15) is 4.79 Å². The molecule has 0 aliphatic rings. The van der Waals surface area contributed by atoms with Gasteiger partial charge in [-0.2, -0.15) is 5.10 Å². The van der Waals surface area contributed by atoms with Crippen molar-refractivity contribution in [3.8, 4) is 0 Å². The van der Waals surface area contributed by atoms with Gasteiger partial charge in [-0.15, -0.1) is 0 Å². The van der Waals surface area contributed by atoms with Crippen molar-refractivity contribution >= 4 is 5.91 Å². The second-order valence-corrected chi connectivity index (χ2v) is 3.60. The van der Waals surface area contributed by atoms with Crippen molar-refractivity contribution in [2.75, 3.05) is 13.7 Å². The fourth-order valence-electron chi connectivity index (χ4n) is 1.31. The Labute approximate surface area is 89.4 Å². The van der Waals surface area contributed by atoms with E-state index in [1.54, 1.807) is 18.0 Å². The smallest absolute Gasteiger partial charge is 0.255 e. The number of methoxy groups -OCH3 is 1. The van der Waals surface area contributed by atoms with Gasteiger partial charge in [0.15, 0.2) is 0 Å². The van der Waals surface area contributed by atoms with E-state index in [1.807, 2.05) is 20.9 Å². The standard InChI is InChI=1S/C10H17N3O2/c1-7(6-15-4)12-10(14)9-5-11-13(3)8(9)2/h5,7H,6H2,1-4H3,(H,12,14)/t7-/m1/s1. The van der Waals surface area contributed by atoms with E-state index in [0.29, 0.717) is 12.2 Å². The number of nitrogens with one attached hydrogen (secondary N) is 1. The Hall–Kier alpha value is -1.36. The monoisotopic (exact) mass is 211 g/mol. The molecule has 1 rings (SSSR count). The van der Waals surface area contributed by atoms with Crippen molar-refractivity contribution in [3.05, 3.63) is 17.5 Å². The summed E-state index contributed by atoms with van der Waals surface area (Å²) in [7, 11) is 3.42. The van der Waals surface area contributed by atoms with Crippen LogP contribution in [0.5, 0.6) is 0 Å². The number of nitrogens with zero attached hydrogens (tertiary/aromatic N) is 2. The van der Waals surface area contributed by atoms with Crippen molar-refractivity contribution in [1.82, 2.24) is 15.1 Å². The Bertz CT molecular complexity index is 346. The number of ether oxygens (including phenoxy) is 1. The lowest BCUT2D eigenvalue weighted by Crippen LogP contribution is -2.35. The molecule has 1 aromatic heterocycles. The van der Waals surface area contributed by atoms with Crippen molar-refractivity contribution in [1.29, 1.82) is 0 Å². The van der Waals surface area contributed by atoms with Gasteiger partial charge in [-0.05, 0) is 13.8 Å². The summed E-state index contributed by atoms with van der Waals surface area (Å²) < 4.78 is 6.62. The Balaban J connectivity index is 2.65. The van der Waals surface area contributed by atoms with Gasteiger partial charge >= 0.3 is 0 Å². The van der Waals surface area contributed by atoms with E-state index in [2.05, 4.69) is 10.4 Å². The average Bonchev–Trinajstić information content (AvgIpc) is 2.48. The van der Waals surface area contributed by atoms with Gasteiger partial charge in [0.05, 0.1) is 18.4 Å². The minimum absolute atomic E-state index is 0.00195. The average molecular weight is 211 g/mol. The number of aryl methyl sites for hydroxylation is 1. The molecule has 5 nitrogen and oxygen atoms in total. The van der Waals surface area contributed by atoms with Crippen LogP contribution in [0.25, 0.3) is 0 Å². The van der Waals surface area contributed by atoms with Crippen LogP contribution in [0.1, 0.15) is 23.0 Å². The van der Waals surface area contributed by atoms with Crippen LogP contribution in [0, 0.1) is 6.92 Å². The lowest BCUT2D eigenvalue weighted by molar-refractivity contribution is 0.0905. The molecular weight excluding hydrogens is 194 g/mol. The minimum Gasteiger partial charge on any atom is -0.383 e. The fourth-order valence-corrected chi connectivity index (χ4v) is 1.31. The van der Waals surface area contributed by atoms with Crippen LogP contribution in [-0.4, -0.2) is 35.4 Å². The molecule has 1 atom stereocenters. The van der Waals surface area contributed by atoms with Gasteiger partial charge in [-0.3, -0.25) is 9.48 Å². The Morgan fingerprint density at radius 3 is 2.87 bits per heavy atom. The molecule has 0 bridgehead atoms. The number of aromatic nitrogens is 2. The highest BCUT2D eigenvalue weighted by Crippen LogP contribution is 2.05. The molecule has 5 heteroatoms. The summed E-state index contributed by atoms with van der Waals surface area (Å²) in [6.07, 6.45) is 1.57. The second-order valence-electron chi connectivity index (χ2n) is 3.60. The quantitative estimate of drug-likeness (QED) is 0.788. The molecule has 1 amide bonds.